The van der Waals surface area contributed by atoms with Gasteiger partial charge in [0.25, 0.3) is 5.56 Å². The third-order valence-electron chi connectivity index (χ3n) is 3.12. The van der Waals surface area contributed by atoms with Crippen molar-refractivity contribution in [3.05, 3.63) is 68.9 Å². The molecule has 3 aromatic rings. The zero-order valence-corrected chi connectivity index (χ0v) is 13.0. The van der Waals surface area contributed by atoms with Gasteiger partial charge in [-0.3, -0.25) is 9.36 Å². The quantitative estimate of drug-likeness (QED) is 0.641. The molecular formula is C15H9BrClFN2O. The molecule has 0 amide bonds. The fourth-order valence-corrected chi connectivity index (χ4v) is 2.69. The molecule has 0 radical (unpaired) electrons. The Morgan fingerprint density at radius 1 is 1.24 bits per heavy atom. The Morgan fingerprint density at radius 3 is 2.71 bits per heavy atom. The summed E-state index contributed by atoms with van der Waals surface area (Å²) in [6, 6.07) is 11.4. The van der Waals surface area contributed by atoms with Crippen molar-refractivity contribution < 1.29 is 4.39 Å². The summed E-state index contributed by atoms with van der Waals surface area (Å²) in [7, 11) is 0. The number of hydrogen-bond acceptors (Lipinski definition) is 2. The summed E-state index contributed by atoms with van der Waals surface area (Å²) in [5.74, 6) is -0.202. The van der Waals surface area contributed by atoms with Gasteiger partial charge >= 0.3 is 0 Å². The monoisotopic (exact) mass is 366 g/mol. The minimum Gasteiger partial charge on any atom is -0.268 e. The standard InChI is InChI=1S/C15H9BrClFN2O/c16-9-5-6-13(11(18)7-9)20-14(8-17)19-12-4-2-1-3-10(12)15(20)21/h1-7H,8H2. The molecule has 0 atom stereocenters. The maximum absolute atomic E-state index is 14.2. The van der Waals surface area contributed by atoms with Crippen LogP contribution in [0.3, 0.4) is 0 Å². The first kappa shape index (κ1) is 14.2. The first-order valence-electron chi connectivity index (χ1n) is 6.14. The van der Waals surface area contributed by atoms with Crippen LogP contribution in [0.15, 0.2) is 51.7 Å². The van der Waals surface area contributed by atoms with Gasteiger partial charge in [-0.15, -0.1) is 11.6 Å². The summed E-state index contributed by atoms with van der Waals surface area (Å²) < 4.78 is 16.0. The third kappa shape index (κ3) is 2.47. The number of benzene rings is 2. The SMILES string of the molecule is O=c1c2ccccc2nc(CCl)n1-c1ccc(Br)cc1F. The summed E-state index contributed by atoms with van der Waals surface area (Å²) in [5, 5.41) is 0.425. The molecule has 0 saturated carbocycles. The molecule has 6 heteroatoms. The van der Waals surface area contributed by atoms with Crippen molar-refractivity contribution >= 4 is 38.4 Å². The molecule has 3 nitrogen and oxygen atoms in total. The van der Waals surface area contributed by atoms with E-state index < -0.39 is 5.82 Å². The van der Waals surface area contributed by atoms with Crippen LogP contribution in [-0.4, -0.2) is 9.55 Å². The molecule has 2 aromatic carbocycles. The first-order valence-corrected chi connectivity index (χ1v) is 7.46. The molecule has 0 aliphatic carbocycles. The number of aromatic nitrogens is 2. The number of alkyl halides is 1. The highest BCUT2D eigenvalue weighted by molar-refractivity contribution is 9.10. The Hall–Kier alpha value is -1.72. The second kappa shape index (κ2) is 5.58. The lowest BCUT2D eigenvalue weighted by Gasteiger charge is -2.12. The molecular weight excluding hydrogens is 359 g/mol. The van der Waals surface area contributed by atoms with Crippen molar-refractivity contribution in [2.75, 3.05) is 0 Å². The van der Waals surface area contributed by atoms with Gasteiger partial charge in [0.1, 0.15) is 11.6 Å². The lowest BCUT2D eigenvalue weighted by molar-refractivity contribution is 0.612. The van der Waals surface area contributed by atoms with Crippen LogP contribution in [0.4, 0.5) is 4.39 Å². The number of para-hydroxylation sites is 1. The highest BCUT2D eigenvalue weighted by Crippen LogP contribution is 2.20. The lowest BCUT2D eigenvalue weighted by atomic mass is 10.2. The smallest absolute Gasteiger partial charge is 0.266 e. The molecule has 0 fully saturated rings. The molecule has 0 saturated heterocycles. The molecule has 0 spiro atoms. The Morgan fingerprint density at radius 2 is 2.00 bits per heavy atom. The zero-order chi connectivity index (χ0) is 15.0. The number of nitrogens with zero attached hydrogens (tertiary/aromatic N) is 2. The highest BCUT2D eigenvalue weighted by atomic mass is 79.9. The van der Waals surface area contributed by atoms with Gasteiger partial charge in [0.05, 0.1) is 22.5 Å². The zero-order valence-electron chi connectivity index (χ0n) is 10.7. The molecule has 0 N–H and O–H groups in total. The lowest BCUT2D eigenvalue weighted by Crippen LogP contribution is -2.24. The molecule has 1 aromatic heterocycles. The van der Waals surface area contributed by atoms with Crippen LogP contribution < -0.4 is 5.56 Å². The number of fused-ring (bicyclic) bond motifs is 1. The molecule has 0 aliphatic heterocycles. The number of rotatable bonds is 2. The van der Waals surface area contributed by atoms with Crippen LogP contribution in [0.25, 0.3) is 16.6 Å². The van der Waals surface area contributed by atoms with Gasteiger partial charge in [0.15, 0.2) is 0 Å². The van der Waals surface area contributed by atoms with E-state index in [0.29, 0.717) is 21.2 Å². The Bertz CT molecular complexity index is 894. The predicted octanol–water partition coefficient (Wildman–Crippen LogP) is 4.03. The van der Waals surface area contributed by atoms with E-state index in [1.54, 1.807) is 30.3 Å². The fraction of sp³-hybridized carbons (Fsp3) is 0.0667. The number of hydrogen-bond donors (Lipinski definition) is 0. The molecule has 0 bridgehead atoms. The molecule has 106 valence electrons. The van der Waals surface area contributed by atoms with E-state index in [0.717, 1.165) is 0 Å². The maximum atomic E-state index is 14.2. The molecule has 3 rings (SSSR count). The first-order chi connectivity index (χ1) is 10.1. The summed E-state index contributed by atoms with van der Waals surface area (Å²) in [6.07, 6.45) is 0. The minimum atomic E-state index is -0.519. The van der Waals surface area contributed by atoms with E-state index in [1.165, 1.54) is 16.7 Å². The molecule has 0 aliphatic rings. The van der Waals surface area contributed by atoms with Crippen LogP contribution in [0.1, 0.15) is 5.82 Å². The topological polar surface area (TPSA) is 34.9 Å². The second-order valence-corrected chi connectivity index (χ2v) is 5.60. The normalized spacial score (nSPS) is 11.0. The van der Waals surface area contributed by atoms with Crippen LogP contribution in [0.2, 0.25) is 0 Å². The van der Waals surface area contributed by atoms with Gasteiger partial charge < -0.3 is 0 Å². The molecule has 0 unspecified atom stereocenters. The van der Waals surface area contributed by atoms with Crippen molar-refractivity contribution in [3.63, 3.8) is 0 Å². The molecule has 1 heterocycles. The van der Waals surface area contributed by atoms with Crippen molar-refractivity contribution in [2.45, 2.75) is 5.88 Å². The van der Waals surface area contributed by atoms with Gasteiger partial charge in [-0.2, -0.15) is 0 Å². The largest absolute Gasteiger partial charge is 0.268 e. The number of halogens is 3. The summed E-state index contributed by atoms with van der Waals surface area (Å²) in [6.45, 7) is 0. The van der Waals surface area contributed by atoms with E-state index in [2.05, 4.69) is 20.9 Å². The van der Waals surface area contributed by atoms with E-state index in [9.17, 15) is 9.18 Å². The second-order valence-electron chi connectivity index (χ2n) is 4.42. The van der Waals surface area contributed by atoms with Gasteiger partial charge in [-0.1, -0.05) is 28.1 Å². The minimum absolute atomic E-state index is 0.00950. The Labute approximate surface area is 133 Å². The van der Waals surface area contributed by atoms with Crippen molar-refractivity contribution in [1.29, 1.82) is 0 Å². The molecule has 21 heavy (non-hydrogen) atoms. The van der Waals surface area contributed by atoms with E-state index in [4.69, 9.17) is 11.6 Å². The summed E-state index contributed by atoms with van der Waals surface area (Å²) >= 11 is 9.08. The summed E-state index contributed by atoms with van der Waals surface area (Å²) in [4.78, 5) is 17.0. The van der Waals surface area contributed by atoms with Gasteiger partial charge in [-0.05, 0) is 30.3 Å². The Balaban J connectivity index is 2.41. The van der Waals surface area contributed by atoms with Gasteiger partial charge in [0, 0.05) is 4.47 Å². The predicted molar refractivity (Wildman–Crippen MR) is 84.6 cm³/mol. The van der Waals surface area contributed by atoms with Crippen molar-refractivity contribution in [2.24, 2.45) is 0 Å². The van der Waals surface area contributed by atoms with Crippen molar-refractivity contribution in [1.82, 2.24) is 9.55 Å². The third-order valence-corrected chi connectivity index (χ3v) is 3.85. The average molecular weight is 368 g/mol. The van der Waals surface area contributed by atoms with Crippen LogP contribution in [0, 0.1) is 5.82 Å². The fourth-order valence-electron chi connectivity index (χ4n) is 2.18. The summed E-state index contributed by atoms with van der Waals surface area (Å²) in [5.41, 5.74) is 0.349. The maximum Gasteiger partial charge on any atom is 0.266 e. The average Bonchev–Trinajstić information content (AvgIpc) is 2.48. The van der Waals surface area contributed by atoms with Crippen LogP contribution >= 0.6 is 27.5 Å². The van der Waals surface area contributed by atoms with E-state index >= 15 is 0 Å². The highest BCUT2D eigenvalue weighted by Gasteiger charge is 2.15. The Kier molecular flexibility index (Phi) is 3.78. The van der Waals surface area contributed by atoms with Crippen LogP contribution in [0.5, 0.6) is 0 Å². The van der Waals surface area contributed by atoms with E-state index in [-0.39, 0.29) is 17.1 Å². The van der Waals surface area contributed by atoms with Gasteiger partial charge in [-0.25, -0.2) is 9.37 Å². The van der Waals surface area contributed by atoms with E-state index in [1.807, 2.05) is 0 Å². The van der Waals surface area contributed by atoms with Gasteiger partial charge in [0.2, 0.25) is 0 Å². The van der Waals surface area contributed by atoms with Crippen LogP contribution in [-0.2, 0) is 5.88 Å². The van der Waals surface area contributed by atoms with Crippen molar-refractivity contribution in [3.8, 4) is 5.69 Å².